The van der Waals surface area contributed by atoms with Gasteiger partial charge in [0.05, 0.1) is 17.7 Å². The largest absolute Gasteiger partial charge is 0.492 e. The Kier molecular flexibility index (Phi) is 5.11. The highest BCUT2D eigenvalue weighted by Crippen LogP contribution is 2.37. The minimum absolute atomic E-state index is 0.0423. The maximum absolute atomic E-state index is 6.35. The van der Waals surface area contributed by atoms with Crippen LogP contribution in [-0.4, -0.2) is 13.7 Å². The van der Waals surface area contributed by atoms with Gasteiger partial charge >= 0.3 is 0 Å². The number of halogens is 2. The van der Waals surface area contributed by atoms with E-state index in [0.717, 1.165) is 5.56 Å². The second kappa shape index (κ2) is 6.62. The third kappa shape index (κ3) is 3.23. The summed E-state index contributed by atoms with van der Waals surface area (Å²) in [5, 5.41) is 6.55. The van der Waals surface area contributed by atoms with Gasteiger partial charge in [0.2, 0.25) is 0 Å². The van der Waals surface area contributed by atoms with Gasteiger partial charge in [-0.05, 0) is 37.0 Å². The van der Waals surface area contributed by atoms with Crippen LogP contribution in [0.1, 0.15) is 23.4 Å². The van der Waals surface area contributed by atoms with Crippen molar-refractivity contribution in [3.8, 4) is 5.75 Å². The first-order chi connectivity index (χ1) is 9.17. The van der Waals surface area contributed by atoms with Gasteiger partial charge in [-0.25, -0.2) is 0 Å². The van der Waals surface area contributed by atoms with Crippen LogP contribution in [0, 0.1) is 0 Å². The summed E-state index contributed by atoms with van der Waals surface area (Å²) in [4.78, 5) is 1.20. The summed E-state index contributed by atoms with van der Waals surface area (Å²) in [6.07, 6.45) is 0. The van der Waals surface area contributed by atoms with Crippen LogP contribution in [0.15, 0.2) is 29.6 Å². The van der Waals surface area contributed by atoms with Crippen molar-refractivity contribution in [2.75, 3.05) is 13.7 Å². The molecule has 0 aliphatic rings. The minimum atomic E-state index is 0.0423. The molecule has 2 nitrogen and oxygen atoms in total. The highest BCUT2D eigenvalue weighted by atomic mass is 35.5. The van der Waals surface area contributed by atoms with E-state index in [-0.39, 0.29) is 6.04 Å². The van der Waals surface area contributed by atoms with E-state index >= 15 is 0 Å². The normalized spacial score (nSPS) is 12.4. The van der Waals surface area contributed by atoms with E-state index in [9.17, 15) is 0 Å². The lowest BCUT2D eigenvalue weighted by Gasteiger charge is -2.18. The summed E-state index contributed by atoms with van der Waals surface area (Å²) in [6.45, 7) is 2.48. The summed E-state index contributed by atoms with van der Waals surface area (Å²) < 4.78 is 5.44. The predicted molar refractivity (Wildman–Crippen MR) is 82.9 cm³/mol. The molecule has 1 heterocycles. The Morgan fingerprint density at radius 1 is 1.32 bits per heavy atom. The Labute approximate surface area is 127 Å². The van der Waals surface area contributed by atoms with Crippen molar-refractivity contribution >= 4 is 34.5 Å². The van der Waals surface area contributed by atoms with E-state index in [1.54, 1.807) is 17.4 Å². The molecule has 2 aromatic rings. The fraction of sp³-hybridized carbons (Fsp3) is 0.286. The van der Waals surface area contributed by atoms with Crippen molar-refractivity contribution in [3.63, 3.8) is 0 Å². The molecule has 1 atom stereocenters. The summed E-state index contributed by atoms with van der Waals surface area (Å²) in [5.74, 6) is 0.624. The van der Waals surface area contributed by atoms with Crippen molar-refractivity contribution in [3.05, 3.63) is 50.1 Å². The molecule has 0 saturated heterocycles. The number of thiophene rings is 1. The smallest absolute Gasteiger partial charge is 0.139 e. The maximum Gasteiger partial charge on any atom is 0.139 e. The molecule has 2 rings (SSSR count). The van der Waals surface area contributed by atoms with Gasteiger partial charge in [0.1, 0.15) is 5.75 Å². The third-order valence-electron chi connectivity index (χ3n) is 2.78. The van der Waals surface area contributed by atoms with Crippen LogP contribution in [0.5, 0.6) is 5.75 Å². The lowest BCUT2D eigenvalue weighted by atomic mass is 10.1. The monoisotopic (exact) mass is 315 g/mol. The Bertz CT molecular complexity index is 543. The third-order valence-corrected chi connectivity index (χ3v) is 4.34. The van der Waals surface area contributed by atoms with Crippen molar-refractivity contribution in [2.45, 2.75) is 13.0 Å². The lowest BCUT2D eigenvalue weighted by molar-refractivity contribution is 0.340. The van der Waals surface area contributed by atoms with Gasteiger partial charge in [-0.15, -0.1) is 11.3 Å². The Balaban J connectivity index is 2.41. The first-order valence-electron chi connectivity index (χ1n) is 5.99. The van der Waals surface area contributed by atoms with Crippen LogP contribution in [0.3, 0.4) is 0 Å². The van der Waals surface area contributed by atoms with Crippen molar-refractivity contribution in [1.29, 1.82) is 0 Å². The molecule has 0 spiro atoms. The Hall–Kier alpha value is -0.740. The van der Waals surface area contributed by atoms with E-state index in [4.69, 9.17) is 27.9 Å². The molecule has 102 valence electrons. The average Bonchev–Trinajstić information content (AvgIpc) is 2.90. The maximum atomic E-state index is 6.35. The second-order valence-corrected chi connectivity index (χ2v) is 5.77. The van der Waals surface area contributed by atoms with Gasteiger partial charge in [-0.1, -0.05) is 29.3 Å². The highest BCUT2D eigenvalue weighted by molar-refractivity contribution is 7.10. The lowest BCUT2D eigenvalue weighted by Crippen LogP contribution is -2.17. The fourth-order valence-corrected chi connectivity index (χ4v) is 3.28. The molecular weight excluding hydrogens is 301 g/mol. The highest BCUT2D eigenvalue weighted by Gasteiger charge is 2.18. The van der Waals surface area contributed by atoms with Crippen molar-refractivity contribution in [1.82, 2.24) is 5.32 Å². The molecule has 1 N–H and O–H groups in total. The number of nitrogens with one attached hydrogen (secondary N) is 1. The molecule has 0 saturated carbocycles. The molecule has 19 heavy (non-hydrogen) atoms. The van der Waals surface area contributed by atoms with Gasteiger partial charge in [0.25, 0.3) is 0 Å². The standard InChI is InChI=1S/C14H15Cl2NOS/c1-3-18-12-8-10(15)9(7-11(12)16)14(17-2)13-5-4-6-19-13/h4-8,14,17H,3H2,1-2H3. The molecule has 0 aliphatic carbocycles. The summed E-state index contributed by atoms with van der Waals surface area (Å²) in [7, 11) is 1.91. The van der Waals surface area contributed by atoms with Gasteiger partial charge in [-0.3, -0.25) is 0 Å². The SMILES string of the molecule is CCOc1cc(Cl)c(C(NC)c2cccs2)cc1Cl. The van der Waals surface area contributed by atoms with Crippen LogP contribution in [-0.2, 0) is 0 Å². The van der Waals surface area contributed by atoms with E-state index in [2.05, 4.69) is 11.4 Å². The molecular formula is C14H15Cl2NOS. The molecule has 0 radical (unpaired) electrons. The quantitative estimate of drug-likeness (QED) is 0.858. The molecule has 1 aromatic carbocycles. The van der Waals surface area contributed by atoms with Crippen molar-refractivity contribution < 1.29 is 4.74 Å². The fourth-order valence-electron chi connectivity index (χ4n) is 1.94. The van der Waals surface area contributed by atoms with Crippen LogP contribution in [0.4, 0.5) is 0 Å². The zero-order valence-electron chi connectivity index (χ0n) is 10.7. The van der Waals surface area contributed by atoms with E-state index in [1.807, 2.05) is 31.5 Å². The van der Waals surface area contributed by atoms with Gasteiger partial charge in [-0.2, -0.15) is 0 Å². The number of rotatable bonds is 5. The zero-order valence-corrected chi connectivity index (χ0v) is 13.1. The van der Waals surface area contributed by atoms with E-state index in [1.165, 1.54) is 4.88 Å². The number of hydrogen-bond acceptors (Lipinski definition) is 3. The zero-order chi connectivity index (χ0) is 13.8. The summed E-state index contributed by atoms with van der Waals surface area (Å²) >= 11 is 14.3. The Morgan fingerprint density at radius 2 is 2.11 bits per heavy atom. The first kappa shape index (κ1) is 14.7. The number of hydrogen-bond donors (Lipinski definition) is 1. The molecule has 1 unspecified atom stereocenters. The molecule has 5 heteroatoms. The Morgan fingerprint density at radius 3 is 2.68 bits per heavy atom. The molecule has 0 amide bonds. The average molecular weight is 316 g/mol. The first-order valence-corrected chi connectivity index (χ1v) is 7.63. The van der Waals surface area contributed by atoms with Gasteiger partial charge < -0.3 is 10.1 Å². The predicted octanol–water partition coefficient (Wildman–Crippen LogP) is 4.76. The van der Waals surface area contributed by atoms with Crippen molar-refractivity contribution in [2.24, 2.45) is 0 Å². The molecule has 0 bridgehead atoms. The van der Waals surface area contributed by atoms with Crippen LogP contribution in [0.2, 0.25) is 10.0 Å². The number of benzene rings is 1. The summed E-state index contributed by atoms with van der Waals surface area (Å²) in [5.41, 5.74) is 0.958. The van der Waals surface area contributed by atoms with E-state index < -0.39 is 0 Å². The van der Waals surface area contributed by atoms with Gasteiger partial charge in [0.15, 0.2) is 0 Å². The van der Waals surface area contributed by atoms with E-state index in [0.29, 0.717) is 22.4 Å². The minimum Gasteiger partial charge on any atom is -0.492 e. The van der Waals surface area contributed by atoms with Crippen LogP contribution < -0.4 is 10.1 Å². The van der Waals surface area contributed by atoms with Crippen LogP contribution >= 0.6 is 34.5 Å². The molecule has 0 aliphatic heterocycles. The second-order valence-electron chi connectivity index (χ2n) is 3.97. The van der Waals surface area contributed by atoms with Crippen LogP contribution in [0.25, 0.3) is 0 Å². The van der Waals surface area contributed by atoms with Gasteiger partial charge in [0, 0.05) is 16.0 Å². The summed E-state index contributed by atoms with van der Waals surface area (Å²) in [6, 6.07) is 7.79. The molecule has 1 aromatic heterocycles. The molecule has 0 fully saturated rings. The topological polar surface area (TPSA) is 21.3 Å². The number of ether oxygens (including phenoxy) is 1.